The Morgan fingerprint density at radius 1 is 0.867 bits per heavy atom. The van der Waals surface area contributed by atoms with Crippen LogP contribution in [0, 0.1) is 17.9 Å². The van der Waals surface area contributed by atoms with Crippen molar-refractivity contribution in [2.24, 2.45) is 20.5 Å². The molecule has 0 saturated heterocycles. The summed E-state index contributed by atoms with van der Waals surface area (Å²) >= 11 is 3.06. The van der Waals surface area contributed by atoms with E-state index in [2.05, 4.69) is 61.8 Å². The Labute approximate surface area is 359 Å². The standard InChI is InChI=1S/C37H41N13O6S4/c1-8-49(9-2)28-16-23(25(18-30(28)55-6)45-47-33-22(21-38)12-14-57-33)40-35-42-36(44-37(43-35)58-15-13-51)41-24-17-29(50(10-3)11-4)31(56-7)19-26(24)46-48-34-27(39-5)20-32(59-34)60(52,53)54/h12,14,16-20,51H,8-11,13,15H2,1-4,6-7H3,(H,52,53,54)(H2,40,41,42,43,44). The number of nitrogens with zero attached hydrogens (tertiary/aromatic N) is 11. The van der Waals surface area contributed by atoms with Gasteiger partial charge in [0, 0.05) is 44.1 Å². The van der Waals surface area contributed by atoms with Crippen LogP contribution in [0.5, 0.6) is 11.5 Å². The van der Waals surface area contributed by atoms with Gasteiger partial charge in [0.2, 0.25) is 17.6 Å². The number of aromatic nitrogens is 3. The summed E-state index contributed by atoms with van der Waals surface area (Å²) in [4.78, 5) is 21.5. The SMILES string of the molecule is [C-]#[N+]c1cc(S(=O)(=O)O)sc1N=Nc1cc(OC)c(N(CC)CC)cc1Nc1nc(Nc2cc(N(CC)CC)c(OC)cc2N=Nc2sccc2C#N)nc(SCCO)n1. The van der Waals surface area contributed by atoms with Crippen molar-refractivity contribution in [3.63, 3.8) is 0 Å². The summed E-state index contributed by atoms with van der Waals surface area (Å²) in [5.41, 5.74) is 3.16. The average Bonchev–Trinajstić information content (AvgIpc) is 3.90. The van der Waals surface area contributed by atoms with Crippen molar-refractivity contribution in [2.75, 3.05) is 73.2 Å². The van der Waals surface area contributed by atoms with Crippen LogP contribution in [0.1, 0.15) is 33.3 Å². The number of hydrogen-bond acceptors (Lipinski definition) is 20. The second-order valence-electron chi connectivity index (χ2n) is 12.0. The molecule has 0 saturated carbocycles. The highest BCUT2D eigenvalue weighted by Gasteiger charge is 2.21. The largest absolute Gasteiger partial charge is 0.494 e. The molecule has 314 valence electrons. The molecule has 0 radical (unpaired) electrons. The molecule has 0 atom stereocenters. The number of nitrogens with one attached hydrogen (secondary N) is 2. The Hall–Kier alpha value is -5.95. The summed E-state index contributed by atoms with van der Waals surface area (Å²) in [5.74, 6) is 1.47. The van der Waals surface area contributed by atoms with Crippen molar-refractivity contribution in [3.8, 4) is 17.6 Å². The van der Waals surface area contributed by atoms with Crippen LogP contribution in [0.4, 0.5) is 61.7 Å². The van der Waals surface area contributed by atoms with E-state index in [0.29, 0.717) is 82.3 Å². The van der Waals surface area contributed by atoms with E-state index in [9.17, 15) is 23.3 Å². The molecule has 0 bridgehead atoms. The molecule has 5 rings (SSSR count). The zero-order valence-corrected chi connectivity index (χ0v) is 36.6. The lowest BCUT2D eigenvalue weighted by Crippen LogP contribution is -2.22. The van der Waals surface area contributed by atoms with Crippen LogP contribution in [0.25, 0.3) is 4.85 Å². The van der Waals surface area contributed by atoms with Crippen LogP contribution < -0.4 is 29.9 Å². The first kappa shape index (κ1) is 45.1. The Bertz CT molecular complexity index is 2560. The minimum atomic E-state index is -4.59. The zero-order chi connectivity index (χ0) is 43.4. The minimum Gasteiger partial charge on any atom is -0.494 e. The number of ether oxygens (including phenoxy) is 2. The molecule has 2 aromatic carbocycles. The van der Waals surface area contributed by atoms with E-state index < -0.39 is 14.3 Å². The molecule has 19 nitrogen and oxygen atoms in total. The third-order valence-corrected chi connectivity index (χ3v) is 12.5. The number of methoxy groups -OCH3 is 2. The molecule has 0 aliphatic rings. The van der Waals surface area contributed by atoms with Crippen molar-refractivity contribution >= 4 is 106 Å². The lowest BCUT2D eigenvalue weighted by Gasteiger charge is -2.25. The summed E-state index contributed by atoms with van der Waals surface area (Å²) in [7, 11) is -1.51. The molecule has 3 aromatic heterocycles. The predicted octanol–water partition coefficient (Wildman–Crippen LogP) is 9.78. The van der Waals surface area contributed by atoms with Gasteiger partial charge in [-0.2, -0.15) is 33.7 Å². The van der Waals surface area contributed by atoms with Gasteiger partial charge in [-0.3, -0.25) is 4.55 Å². The van der Waals surface area contributed by atoms with Gasteiger partial charge in [0.15, 0.2) is 10.2 Å². The van der Waals surface area contributed by atoms with Crippen LogP contribution in [0.15, 0.2) is 71.6 Å². The second kappa shape index (κ2) is 20.8. The average molecular weight is 892 g/mol. The highest BCUT2D eigenvalue weighted by atomic mass is 32.3. The number of thiophene rings is 2. The maximum Gasteiger partial charge on any atom is 0.302 e. The predicted molar refractivity (Wildman–Crippen MR) is 235 cm³/mol. The fourth-order valence-corrected chi connectivity index (χ4v) is 8.44. The van der Waals surface area contributed by atoms with E-state index in [4.69, 9.17) is 21.0 Å². The molecule has 0 fully saturated rings. The monoisotopic (exact) mass is 891 g/mol. The number of rotatable bonds is 20. The fraction of sp³-hybridized carbons (Fsp3) is 0.324. The summed E-state index contributed by atoms with van der Waals surface area (Å²) in [6, 6.07) is 11.8. The van der Waals surface area contributed by atoms with E-state index in [1.807, 2.05) is 33.8 Å². The minimum absolute atomic E-state index is 0.0378. The molecule has 4 N–H and O–H groups in total. The second-order valence-corrected chi connectivity index (χ2v) is 16.6. The van der Waals surface area contributed by atoms with Crippen LogP contribution >= 0.6 is 34.4 Å². The van der Waals surface area contributed by atoms with Crippen molar-refractivity contribution in [2.45, 2.75) is 37.1 Å². The van der Waals surface area contributed by atoms with E-state index >= 15 is 0 Å². The first-order valence-electron chi connectivity index (χ1n) is 18.2. The lowest BCUT2D eigenvalue weighted by molar-refractivity contribution is 0.322. The Balaban J connectivity index is 1.66. The molecule has 60 heavy (non-hydrogen) atoms. The third kappa shape index (κ3) is 10.8. The number of benzene rings is 2. The number of azo groups is 2. The highest BCUT2D eigenvalue weighted by Crippen LogP contribution is 2.45. The fourth-order valence-electron chi connectivity index (χ4n) is 5.63. The normalized spacial score (nSPS) is 11.4. The molecule has 5 aromatic rings. The number of hydrogen-bond donors (Lipinski definition) is 4. The first-order valence-corrected chi connectivity index (χ1v) is 22.3. The maximum absolute atomic E-state index is 11.8. The Morgan fingerprint density at radius 2 is 1.40 bits per heavy atom. The molecule has 0 spiro atoms. The van der Waals surface area contributed by atoms with Crippen LogP contribution in [0.2, 0.25) is 0 Å². The van der Waals surface area contributed by atoms with Gasteiger partial charge in [0.05, 0.1) is 55.7 Å². The molecule has 3 heterocycles. The van der Waals surface area contributed by atoms with Gasteiger partial charge in [0.25, 0.3) is 0 Å². The zero-order valence-electron chi connectivity index (χ0n) is 33.4. The molecular formula is C37H41N13O6S4. The topological polar surface area (TPSA) is 240 Å². The molecule has 0 amide bonds. The lowest BCUT2D eigenvalue weighted by atomic mass is 10.2. The molecule has 23 heteroatoms. The van der Waals surface area contributed by atoms with E-state index in [1.165, 1.54) is 30.2 Å². The van der Waals surface area contributed by atoms with Crippen LogP contribution in [0.3, 0.4) is 0 Å². The highest BCUT2D eigenvalue weighted by molar-refractivity contribution is 7.99. The van der Waals surface area contributed by atoms with Gasteiger partial charge in [-0.25, -0.2) is 4.85 Å². The van der Waals surface area contributed by atoms with Gasteiger partial charge in [-0.1, -0.05) is 11.8 Å². The quantitative estimate of drug-likeness (QED) is 0.0246. The van der Waals surface area contributed by atoms with Gasteiger partial charge in [0.1, 0.15) is 38.2 Å². The van der Waals surface area contributed by atoms with Crippen molar-refractivity contribution in [1.82, 2.24) is 15.0 Å². The molecular weight excluding hydrogens is 851 g/mol. The maximum atomic E-state index is 11.8. The molecule has 0 aliphatic heterocycles. The Kier molecular flexibility index (Phi) is 15.7. The third-order valence-electron chi connectivity index (χ3n) is 8.54. The van der Waals surface area contributed by atoms with Crippen molar-refractivity contribution in [1.29, 1.82) is 5.26 Å². The van der Waals surface area contributed by atoms with Gasteiger partial charge < -0.3 is 35.0 Å². The number of thioether (sulfide) groups is 1. The van der Waals surface area contributed by atoms with Gasteiger partial charge in [-0.05, 0) is 57.3 Å². The van der Waals surface area contributed by atoms with Gasteiger partial charge in [-0.15, -0.1) is 38.0 Å². The summed E-state index contributed by atoms with van der Waals surface area (Å²) in [5, 5.41) is 45.7. The smallest absolute Gasteiger partial charge is 0.302 e. The number of aliphatic hydroxyl groups is 1. The van der Waals surface area contributed by atoms with E-state index in [-0.39, 0.29) is 45.8 Å². The van der Waals surface area contributed by atoms with Gasteiger partial charge >= 0.3 is 10.1 Å². The summed E-state index contributed by atoms with van der Waals surface area (Å²) in [6.45, 7) is 18.1. The Morgan fingerprint density at radius 3 is 1.85 bits per heavy atom. The van der Waals surface area contributed by atoms with E-state index in [1.54, 1.807) is 36.8 Å². The number of aliphatic hydroxyl groups excluding tert-OH is 1. The number of nitriles is 1. The van der Waals surface area contributed by atoms with Crippen molar-refractivity contribution in [3.05, 3.63) is 58.8 Å². The van der Waals surface area contributed by atoms with E-state index in [0.717, 1.165) is 11.8 Å². The summed E-state index contributed by atoms with van der Waals surface area (Å²) in [6.07, 6.45) is 0. The molecule has 0 unspecified atom stereocenters. The van der Waals surface area contributed by atoms with Crippen LogP contribution in [-0.4, -0.2) is 85.8 Å². The first-order chi connectivity index (χ1) is 28.9. The molecule has 0 aliphatic carbocycles. The summed E-state index contributed by atoms with van der Waals surface area (Å²) < 4.78 is 44.4. The van der Waals surface area contributed by atoms with Crippen LogP contribution in [-0.2, 0) is 10.1 Å². The number of anilines is 6. The van der Waals surface area contributed by atoms with Crippen molar-refractivity contribution < 1.29 is 27.6 Å².